The van der Waals surface area contributed by atoms with E-state index in [9.17, 15) is 4.79 Å². The molecule has 0 aromatic carbocycles. The molecule has 0 radical (unpaired) electrons. The first-order chi connectivity index (χ1) is 8.89. The van der Waals surface area contributed by atoms with Crippen LogP contribution in [0.5, 0.6) is 0 Å². The number of rotatable bonds is 3. The van der Waals surface area contributed by atoms with Crippen molar-refractivity contribution in [1.29, 1.82) is 0 Å². The molecule has 2 saturated carbocycles. The van der Waals surface area contributed by atoms with Gasteiger partial charge in [0.25, 0.3) is 0 Å². The van der Waals surface area contributed by atoms with Crippen molar-refractivity contribution in [2.24, 2.45) is 23.2 Å². The average molecular weight is 378 g/mol. The zero-order valence-electron chi connectivity index (χ0n) is 11.9. The molecule has 3 nitrogen and oxygen atoms in total. The number of fused-ring (bicyclic) bond motifs is 5. The highest BCUT2D eigenvalue weighted by atomic mass is 127. The molecule has 1 saturated heterocycles. The number of hydrogen-bond acceptors (Lipinski definition) is 3. The third kappa shape index (κ3) is 1.96. The van der Waals surface area contributed by atoms with E-state index < -0.39 is 3.42 Å². The van der Waals surface area contributed by atoms with Crippen LogP contribution >= 0.6 is 22.6 Å². The topological polar surface area (TPSA) is 35.5 Å². The van der Waals surface area contributed by atoms with Gasteiger partial charge in [0.2, 0.25) is 6.29 Å². The van der Waals surface area contributed by atoms with Crippen LogP contribution in [0, 0.1) is 23.2 Å². The predicted molar refractivity (Wildman–Crippen MR) is 81.0 cm³/mol. The number of halogens is 1. The van der Waals surface area contributed by atoms with Crippen LogP contribution in [0.15, 0.2) is 0 Å². The number of carbonyl (C=O) groups is 1. The number of hydrogen-bond donors (Lipinski definition) is 0. The van der Waals surface area contributed by atoms with Crippen molar-refractivity contribution >= 4 is 28.6 Å². The first kappa shape index (κ1) is 14.1. The van der Waals surface area contributed by atoms with Crippen molar-refractivity contribution in [2.75, 3.05) is 6.61 Å². The molecule has 19 heavy (non-hydrogen) atoms. The van der Waals surface area contributed by atoms with Gasteiger partial charge >= 0.3 is 5.97 Å². The molecule has 2 bridgehead atoms. The SMILES string of the molecule is CCC(C)(I)C(=O)OC1OCC2C3CCC(C3)C12C. The van der Waals surface area contributed by atoms with Crippen LogP contribution in [0.25, 0.3) is 0 Å². The summed E-state index contributed by atoms with van der Waals surface area (Å²) in [5, 5.41) is 0. The molecular weight excluding hydrogens is 355 g/mol. The lowest BCUT2D eigenvalue weighted by Gasteiger charge is -2.38. The fraction of sp³-hybridized carbons (Fsp3) is 0.933. The van der Waals surface area contributed by atoms with E-state index in [1.165, 1.54) is 19.3 Å². The van der Waals surface area contributed by atoms with Gasteiger partial charge in [-0.15, -0.1) is 0 Å². The monoisotopic (exact) mass is 378 g/mol. The summed E-state index contributed by atoms with van der Waals surface area (Å²) in [6, 6.07) is 0. The van der Waals surface area contributed by atoms with Crippen LogP contribution in [-0.4, -0.2) is 22.3 Å². The Morgan fingerprint density at radius 2 is 2.26 bits per heavy atom. The van der Waals surface area contributed by atoms with Crippen LogP contribution in [0.4, 0.5) is 0 Å². The standard InChI is InChI=1S/C15H23IO3/c1-4-14(2,16)12(17)19-13-15(3)10-6-5-9(7-10)11(15)8-18-13/h9-11,13H,4-8H2,1-3H3. The Bertz CT molecular complexity index is 395. The maximum Gasteiger partial charge on any atom is 0.324 e. The summed E-state index contributed by atoms with van der Waals surface area (Å²) in [7, 11) is 0. The van der Waals surface area contributed by atoms with Gasteiger partial charge in [-0.1, -0.05) is 36.4 Å². The molecule has 0 N–H and O–H groups in total. The second-order valence-corrected chi connectivity index (χ2v) is 9.25. The minimum absolute atomic E-state index is 0.0685. The molecular formula is C15H23IO3. The molecule has 108 valence electrons. The van der Waals surface area contributed by atoms with Crippen molar-refractivity contribution in [3.63, 3.8) is 0 Å². The van der Waals surface area contributed by atoms with E-state index in [2.05, 4.69) is 29.5 Å². The molecule has 2 aliphatic carbocycles. The minimum Gasteiger partial charge on any atom is -0.434 e. The summed E-state index contributed by atoms with van der Waals surface area (Å²) in [6.45, 7) is 7.01. The third-order valence-electron chi connectivity index (χ3n) is 5.96. The van der Waals surface area contributed by atoms with E-state index in [-0.39, 0.29) is 17.7 Å². The molecule has 3 rings (SSSR count). The van der Waals surface area contributed by atoms with Crippen LogP contribution in [0.2, 0.25) is 0 Å². The number of carbonyl (C=O) groups excluding carboxylic acids is 1. The first-order valence-electron chi connectivity index (χ1n) is 7.41. The molecule has 0 amide bonds. The number of esters is 1. The maximum absolute atomic E-state index is 12.3. The van der Waals surface area contributed by atoms with Crippen molar-refractivity contribution in [1.82, 2.24) is 0 Å². The maximum atomic E-state index is 12.3. The van der Waals surface area contributed by atoms with E-state index in [0.717, 1.165) is 18.9 Å². The first-order valence-corrected chi connectivity index (χ1v) is 8.49. The molecule has 6 atom stereocenters. The molecule has 0 aromatic heterocycles. The Labute approximate surface area is 128 Å². The second kappa shape index (κ2) is 4.58. The molecule has 1 aliphatic heterocycles. The van der Waals surface area contributed by atoms with Gasteiger partial charge in [0.1, 0.15) is 3.42 Å². The molecule has 0 aromatic rings. The van der Waals surface area contributed by atoms with Gasteiger partial charge in [-0.3, -0.25) is 4.79 Å². The average Bonchev–Trinajstić information content (AvgIpc) is 3.02. The Morgan fingerprint density at radius 1 is 1.53 bits per heavy atom. The summed E-state index contributed by atoms with van der Waals surface area (Å²) in [5.74, 6) is 1.97. The smallest absolute Gasteiger partial charge is 0.324 e. The lowest BCUT2D eigenvalue weighted by molar-refractivity contribution is -0.192. The van der Waals surface area contributed by atoms with Gasteiger partial charge in [0.15, 0.2) is 0 Å². The Balaban J connectivity index is 1.75. The van der Waals surface area contributed by atoms with Crippen molar-refractivity contribution < 1.29 is 14.3 Å². The molecule has 1 heterocycles. The summed E-state index contributed by atoms with van der Waals surface area (Å²) < 4.78 is 11.2. The summed E-state index contributed by atoms with van der Waals surface area (Å²) in [6.07, 6.45) is 4.40. The second-order valence-electron chi connectivity index (χ2n) is 6.86. The van der Waals surface area contributed by atoms with Crippen LogP contribution in [-0.2, 0) is 14.3 Å². The fourth-order valence-electron chi connectivity index (χ4n) is 4.34. The van der Waals surface area contributed by atoms with Crippen molar-refractivity contribution in [3.8, 4) is 0 Å². The Hall–Kier alpha value is 0.160. The Kier molecular flexibility index (Phi) is 3.40. The zero-order valence-corrected chi connectivity index (χ0v) is 14.1. The fourth-order valence-corrected chi connectivity index (χ4v) is 4.46. The number of ether oxygens (including phenoxy) is 2. The Morgan fingerprint density at radius 3 is 2.95 bits per heavy atom. The third-order valence-corrected chi connectivity index (χ3v) is 7.16. The van der Waals surface area contributed by atoms with Gasteiger partial charge in [0.05, 0.1) is 6.61 Å². The van der Waals surface area contributed by atoms with E-state index in [1.54, 1.807) is 0 Å². The molecule has 3 aliphatic rings. The van der Waals surface area contributed by atoms with Gasteiger partial charge in [0, 0.05) is 5.41 Å². The van der Waals surface area contributed by atoms with Crippen LogP contribution < -0.4 is 0 Å². The summed E-state index contributed by atoms with van der Waals surface area (Å²) in [5.41, 5.74) is 0.0685. The van der Waals surface area contributed by atoms with Gasteiger partial charge < -0.3 is 9.47 Å². The lowest BCUT2D eigenvalue weighted by atomic mass is 9.68. The van der Waals surface area contributed by atoms with Crippen molar-refractivity contribution in [3.05, 3.63) is 0 Å². The minimum atomic E-state index is -0.437. The largest absolute Gasteiger partial charge is 0.434 e. The number of alkyl halides is 1. The highest BCUT2D eigenvalue weighted by Gasteiger charge is 2.64. The van der Waals surface area contributed by atoms with Crippen LogP contribution in [0.1, 0.15) is 46.5 Å². The summed E-state index contributed by atoms with van der Waals surface area (Å²) >= 11 is 2.19. The highest BCUT2D eigenvalue weighted by molar-refractivity contribution is 14.1. The highest BCUT2D eigenvalue weighted by Crippen LogP contribution is 2.64. The van der Waals surface area contributed by atoms with E-state index >= 15 is 0 Å². The quantitative estimate of drug-likeness (QED) is 0.428. The molecule has 3 fully saturated rings. The van der Waals surface area contributed by atoms with Gasteiger partial charge in [-0.2, -0.15) is 0 Å². The molecule has 0 spiro atoms. The van der Waals surface area contributed by atoms with Crippen LogP contribution in [0.3, 0.4) is 0 Å². The van der Waals surface area contributed by atoms with E-state index in [1.807, 2.05) is 13.8 Å². The zero-order chi connectivity index (χ0) is 13.8. The van der Waals surface area contributed by atoms with Crippen molar-refractivity contribution in [2.45, 2.75) is 56.2 Å². The predicted octanol–water partition coefficient (Wildman–Crippen LogP) is 3.54. The van der Waals surface area contributed by atoms with Gasteiger partial charge in [-0.25, -0.2) is 0 Å². The van der Waals surface area contributed by atoms with Gasteiger partial charge in [-0.05, 0) is 50.4 Å². The molecule has 6 unspecified atom stereocenters. The molecule has 4 heteroatoms. The normalized spacial score (nSPS) is 46.9. The van der Waals surface area contributed by atoms with E-state index in [4.69, 9.17) is 9.47 Å². The lowest BCUT2D eigenvalue weighted by Crippen LogP contribution is -2.43. The summed E-state index contributed by atoms with van der Waals surface area (Å²) in [4.78, 5) is 12.3. The van der Waals surface area contributed by atoms with E-state index in [0.29, 0.717) is 11.8 Å².